The zero-order valence-electron chi connectivity index (χ0n) is 15.0. The second-order valence-corrected chi connectivity index (χ2v) is 6.94. The third-order valence-electron chi connectivity index (χ3n) is 3.88. The van der Waals surface area contributed by atoms with Gasteiger partial charge < -0.3 is 10.1 Å². The van der Waals surface area contributed by atoms with E-state index in [-0.39, 0.29) is 24.8 Å². The monoisotopic (exact) mass is 410 g/mol. The van der Waals surface area contributed by atoms with E-state index in [2.05, 4.69) is 25.8 Å². The van der Waals surface area contributed by atoms with E-state index in [4.69, 9.17) is 4.74 Å². The molecule has 4 aromatic rings. The number of thiazole rings is 1. The minimum Gasteiger partial charge on any atom is -0.486 e. The number of hydrogen-bond donors (Lipinski definition) is 1. The summed E-state index contributed by atoms with van der Waals surface area (Å²) in [5.74, 6) is 0.0763. The van der Waals surface area contributed by atoms with Gasteiger partial charge in [-0.1, -0.05) is 0 Å². The highest BCUT2D eigenvalue weighted by atomic mass is 32.1. The molecule has 1 amide bonds. The van der Waals surface area contributed by atoms with Crippen molar-refractivity contribution in [1.82, 2.24) is 25.2 Å². The van der Waals surface area contributed by atoms with E-state index in [1.165, 1.54) is 34.5 Å². The molecule has 0 aliphatic rings. The number of amides is 1. The van der Waals surface area contributed by atoms with Gasteiger partial charge in [-0.3, -0.25) is 4.79 Å². The summed E-state index contributed by atoms with van der Waals surface area (Å²) in [6.07, 6.45) is 1.65. The predicted octanol–water partition coefficient (Wildman–Crippen LogP) is 3.02. The Morgan fingerprint density at radius 2 is 1.93 bits per heavy atom. The summed E-state index contributed by atoms with van der Waals surface area (Å²) in [4.78, 5) is 16.7. The molecule has 0 radical (unpaired) electrons. The van der Waals surface area contributed by atoms with Gasteiger partial charge in [-0.05, 0) is 59.0 Å². The fourth-order valence-corrected chi connectivity index (χ4v) is 3.22. The Kier molecular flexibility index (Phi) is 5.52. The maximum absolute atomic E-state index is 12.9. The maximum atomic E-state index is 12.9. The van der Waals surface area contributed by atoms with Crippen molar-refractivity contribution in [2.75, 3.05) is 5.32 Å². The van der Waals surface area contributed by atoms with Crippen LogP contribution in [0.25, 0.3) is 5.69 Å². The molecular formula is C19H15FN6O2S. The molecule has 2 aromatic heterocycles. The van der Waals surface area contributed by atoms with Crippen molar-refractivity contribution in [2.45, 2.75) is 13.0 Å². The summed E-state index contributed by atoms with van der Waals surface area (Å²) in [5, 5.41) is 16.4. The summed E-state index contributed by atoms with van der Waals surface area (Å²) in [6.45, 7) is 0.260. The van der Waals surface area contributed by atoms with E-state index in [9.17, 15) is 9.18 Å². The van der Waals surface area contributed by atoms with E-state index in [1.54, 1.807) is 36.4 Å². The van der Waals surface area contributed by atoms with E-state index < -0.39 is 0 Å². The number of aromatic nitrogens is 5. The van der Waals surface area contributed by atoms with Crippen LogP contribution in [-0.4, -0.2) is 31.1 Å². The largest absolute Gasteiger partial charge is 0.486 e. The Bertz CT molecular complexity index is 1080. The van der Waals surface area contributed by atoms with Crippen LogP contribution in [0, 0.1) is 5.82 Å². The fraction of sp³-hybridized carbons (Fsp3) is 0.105. The topological polar surface area (TPSA) is 94.8 Å². The van der Waals surface area contributed by atoms with E-state index in [0.29, 0.717) is 17.1 Å². The Morgan fingerprint density at radius 1 is 1.14 bits per heavy atom. The van der Waals surface area contributed by atoms with Gasteiger partial charge >= 0.3 is 0 Å². The van der Waals surface area contributed by atoms with Crippen LogP contribution in [0.2, 0.25) is 0 Å². The molecular weight excluding hydrogens is 395 g/mol. The summed E-state index contributed by atoms with van der Waals surface area (Å²) in [5.41, 5.74) is 2.12. The normalized spacial score (nSPS) is 10.7. The van der Waals surface area contributed by atoms with Crippen molar-refractivity contribution in [1.29, 1.82) is 0 Å². The minimum absolute atomic E-state index is 0.155. The second kappa shape index (κ2) is 8.57. The Labute approximate surface area is 169 Å². The minimum atomic E-state index is -0.315. The van der Waals surface area contributed by atoms with E-state index in [1.807, 2.05) is 5.38 Å². The van der Waals surface area contributed by atoms with E-state index >= 15 is 0 Å². The molecule has 0 fully saturated rings. The predicted molar refractivity (Wildman–Crippen MR) is 104 cm³/mol. The number of nitrogens with one attached hydrogen (secondary N) is 1. The van der Waals surface area contributed by atoms with Crippen LogP contribution in [-0.2, 0) is 17.8 Å². The summed E-state index contributed by atoms with van der Waals surface area (Å²) < 4.78 is 20.0. The lowest BCUT2D eigenvalue weighted by Crippen LogP contribution is -2.14. The van der Waals surface area contributed by atoms with Crippen molar-refractivity contribution < 1.29 is 13.9 Å². The zero-order chi connectivity index (χ0) is 20.1. The molecule has 1 N–H and O–H groups in total. The van der Waals surface area contributed by atoms with E-state index in [0.717, 1.165) is 10.7 Å². The van der Waals surface area contributed by atoms with Crippen molar-refractivity contribution in [3.63, 3.8) is 0 Å². The molecule has 4 rings (SSSR count). The Morgan fingerprint density at radius 3 is 2.66 bits per heavy atom. The summed E-state index contributed by atoms with van der Waals surface area (Å²) in [7, 11) is 0. The SMILES string of the molecule is O=C(Cc1csc(COc2ccc(F)cc2)n1)Nc1ccc(-n2cnnn2)cc1. The third kappa shape index (κ3) is 4.99. The first-order valence-corrected chi connectivity index (χ1v) is 9.48. The number of tetrazole rings is 1. The molecule has 0 atom stereocenters. The molecule has 0 spiro atoms. The zero-order valence-corrected chi connectivity index (χ0v) is 15.8. The highest BCUT2D eigenvalue weighted by Gasteiger charge is 2.09. The van der Waals surface area contributed by atoms with Crippen molar-refractivity contribution in [2.24, 2.45) is 0 Å². The van der Waals surface area contributed by atoms with Gasteiger partial charge in [0.1, 0.15) is 29.5 Å². The van der Waals surface area contributed by atoms with Crippen LogP contribution in [0.5, 0.6) is 5.75 Å². The Balaban J connectivity index is 1.29. The van der Waals surface area contributed by atoms with Gasteiger partial charge in [0.25, 0.3) is 0 Å². The first-order chi connectivity index (χ1) is 14.2. The van der Waals surface area contributed by atoms with Crippen molar-refractivity contribution >= 4 is 22.9 Å². The molecule has 10 heteroatoms. The standard InChI is InChI=1S/C19H15FN6O2S/c20-13-1-7-17(8-2-13)28-10-19-23-15(11-29-19)9-18(27)22-14-3-5-16(6-4-14)26-12-21-24-25-26/h1-8,11-12H,9-10H2,(H,22,27). The van der Waals surface area contributed by atoms with Gasteiger partial charge in [0.05, 0.1) is 17.8 Å². The average molecular weight is 410 g/mol. The number of benzene rings is 2. The first-order valence-electron chi connectivity index (χ1n) is 8.61. The van der Waals surface area contributed by atoms with Crippen LogP contribution >= 0.6 is 11.3 Å². The molecule has 0 saturated carbocycles. The van der Waals surface area contributed by atoms with Gasteiger partial charge in [0, 0.05) is 11.1 Å². The third-order valence-corrected chi connectivity index (χ3v) is 4.75. The molecule has 0 aliphatic heterocycles. The fourth-order valence-electron chi connectivity index (χ4n) is 2.52. The number of hydrogen-bond acceptors (Lipinski definition) is 7. The molecule has 0 saturated heterocycles. The van der Waals surface area contributed by atoms with Gasteiger partial charge in [-0.15, -0.1) is 16.4 Å². The highest BCUT2D eigenvalue weighted by molar-refractivity contribution is 7.09. The smallest absolute Gasteiger partial charge is 0.230 e. The molecule has 2 heterocycles. The molecule has 2 aromatic carbocycles. The summed E-state index contributed by atoms with van der Waals surface area (Å²) in [6, 6.07) is 12.9. The maximum Gasteiger partial charge on any atom is 0.230 e. The molecule has 146 valence electrons. The number of anilines is 1. The highest BCUT2D eigenvalue weighted by Crippen LogP contribution is 2.17. The average Bonchev–Trinajstić information content (AvgIpc) is 3.40. The van der Waals surface area contributed by atoms with Crippen molar-refractivity contribution in [3.05, 3.63) is 76.8 Å². The van der Waals surface area contributed by atoms with Crippen LogP contribution in [0.4, 0.5) is 10.1 Å². The molecule has 0 aliphatic carbocycles. The second-order valence-electron chi connectivity index (χ2n) is 6.00. The first kappa shape index (κ1) is 18.7. The number of ether oxygens (including phenoxy) is 1. The quantitative estimate of drug-likeness (QED) is 0.503. The lowest BCUT2D eigenvalue weighted by molar-refractivity contribution is -0.115. The number of halogens is 1. The lowest BCUT2D eigenvalue weighted by atomic mass is 10.2. The number of carbonyl (C=O) groups is 1. The van der Waals surface area contributed by atoms with Crippen LogP contribution in [0.3, 0.4) is 0 Å². The molecule has 0 bridgehead atoms. The molecule has 0 unspecified atom stereocenters. The van der Waals surface area contributed by atoms with Crippen LogP contribution in [0.1, 0.15) is 10.7 Å². The van der Waals surface area contributed by atoms with Crippen molar-refractivity contribution in [3.8, 4) is 11.4 Å². The summed E-state index contributed by atoms with van der Waals surface area (Å²) >= 11 is 1.41. The number of nitrogens with zero attached hydrogens (tertiary/aromatic N) is 5. The van der Waals surface area contributed by atoms with Gasteiger partial charge in [-0.25, -0.2) is 14.1 Å². The Hall–Kier alpha value is -3.66. The van der Waals surface area contributed by atoms with Gasteiger partial charge in [0.15, 0.2) is 0 Å². The molecule has 8 nitrogen and oxygen atoms in total. The lowest BCUT2D eigenvalue weighted by Gasteiger charge is -2.05. The van der Waals surface area contributed by atoms with Crippen LogP contribution < -0.4 is 10.1 Å². The number of rotatable bonds is 7. The van der Waals surface area contributed by atoms with Crippen LogP contribution in [0.15, 0.2) is 60.2 Å². The number of carbonyl (C=O) groups excluding carboxylic acids is 1. The van der Waals surface area contributed by atoms with Gasteiger partial charge in [0.2, 0.25) is 5.91 Å². The van der Waals surface area contributed by atoms with Gasteiger partial charge in [-0.2, -0.15) is 0 Å². The molecule has 29 heavy (non-hydrogen) atoms.